The number of aliphatic imine (C=N–C) groups is 1. The fourth-order valence-corrected chi connectivity index (χ4v) is 4.33. The van der Waals surface area contributed by atoms with Crippen LogP contribution in [0.4, 0.5) is 0 Å². The summed E-state index contributed by atoms with van der Waals surface area (Å²) in [5.41, 5.74) is 1.08. The van der Waals surface area contributed by atoms with Crippen LogP contribution in [0, 0.1) is 6.92 Å². The molecule has 0 radical (unpaired) electrons. The average molecular weight is 332 g/mol. The van der Waals surface area contributed by atoms with Gasteiger partial charge in [0.1, 0.15) is 5.82 Å². The zero-order valence-electron chi connectivity index (χ0n) is 13.2. The minimum absolute atomic E-state index is 0.0107. The molecule has 4 heterocycles. The fraction of sp³-hybridized carbons (Fsp3) is 0.600. The molecule has 0 unspecified atom stereocenters. The van der Waals surface area contributed by atoms with Crippen molar-refractivity contribution in [2.45, 2.75) is 38.6 Å². The Balaban J connectivity index is 1.46. The number of aryl methyl sites for hydroxylation is 1. The summed E-state index contributed by atoms with van der Waals surface area (Å²) in [5, 5.41) is 10.2. The normalized spacial score (nSPS) is 23.8. The molecule has 1 saturated heterocycles. The van der Waals surface area contributed by atoms with E-state index in [2.05, 4.69) is 30.5 Å². The third-order valence-corrected chi connectivity index (χ3v) is 5.43. The number of carbonyl (C=O) groups is 1. The van der Waals surface area contributed by atoms with Crippen molar-refractivity contribution in [3.05, 3.63) is 22.8 Å². The highest BCUT2D eigenvalue weighted by molar-refractivity contribution is 8.16. The van der Waals surface area contributed by atoms with Gasteiger partial charge in [0.15, 0.2) is 11.0 Å². The monoisotopic (exact) mass is 332 g/mol. The topological polar surface area (TPSA) is 77.5 Å². The molecule has 1 N–H and O–H groups in total. The second-order valence-electron chi connectivity index (χ2n) is 6.10. The van der Waals surface area contributed by atoms with Crippen LogP contribution in [0.2, 0.25) is 0 Å². The lowest BCUT2D eigenvalue weighted by Gasteiger charge is -2.27. The first kappa shape index (κ1) is 14.7. The van der Waals surface area contributed by atoms with E-state index in [4.69, 9.17) is 0 Å². The van der Waals surface area contributed by atoms with E-state index in [1.807, 2.05) is 11.8 Å². The lowest BCUT2D eigenvalue weighted by Crippen LogP contribution is -2.35. The van der Waals surface area contributed by atoms with Crippen LogP contribution in [0.5, 0.6) is 0 Å². The van der Waals surface area contributed by atoms with E-state index in [0.717, 1.165) is 61.4 Å². The van der Waals surface area contributed by atoms with Gasteiger partial charge in [0.25, 0.3) is 0 Å². The van der Waals surface area contributed by atoms with E-state index in [1.54, 1.807) is 11.8 Å². The molecule has 1 amide bonds. The summed E-state index contributed by atoms with van der Waals surface area (Å²) in [6.07, 6.45) is 3.44. The van der Waals surface area contributed by atoms with Crippen molar-refractivity contribution in [2.75, 3.05) is 19.6 Å². The van der Waals surface area contributed by atoms with Crippen molar-refractivity contribution in [3.63, 3.8) is 0 Å². The van der Waals surface area contributed by atoms with Crippen LogP contribution < -0.4 is 0 Å². The summed E-state index contributed by atoms with van der Waals surface area (Å²) >= 11 is 1.63. The van der Waals surface area contributed by atoms with E-state index >= 15 is 0 Å². The van der Waals surface area contributed by atoms with Crippen LogP contribution in [-0.2, 0) is 4.79 Å². The average Bonchev–Trinajstić information content (AvgIpc) is 3.26. The first-order chi connectivity index (χ1) is 11.2. The summed E-state index contributed by atoms with van der Waals surface area (Å²) in [7, 11) is 0. The van der Waals surface area contributed by atoms with Gasteiger partial charge >= 0.3 is 0 Å². The predicted molar refractivity (Wildman–Crippen MR) is 88.7 cm³/mol. The number of nitrogens with one attached hydrogen (secondary N) is 1. The molecule has 1 fully saturated rings. The third kappa shape index (κ3) is 2.75. The lowest BCUT2D eigenvalue weighted by atomic mass is 10.2. The number of amidine groups is 1. The van der Waals surface area contributed by atoms with Crippen LogP contribution in [0.25, 0.3) is 0 Å². The maximum absolute atomic E-state index is 12.8. The van der Waals surface area contributed by atoms with Gasteiger partial charge in [-0.15, -0.1) is 0 Å². The molecule has 8 heteroatoms. The first-order valence-corrected chi connectivity index (χ1v) is 8.96. The lowest BCUT2D eigenvalue weighted by molar-refractivity contribution is -0.131. The van der Waals surface area contributed by atoms with Gasteiger partial charge in [0, 0.05) is 25.3 Å². The molecule has 0 saturated carbocycles. The molecular formula is C15H20N6OS. The van der Waals surface area contributed by atoms with Crippen LogP contribution in [0.1, 0.15) is 43.4 Å². The molecule has 7 nitrogen and oxygen atoms in total. The number of rotatable bonds is 3. The minimum Gasteiger partial charge on any atom is -0.332 e. The van der Waals surface area contributed by atoms with Gasteiger partial charge in [0.2, 0.25) is 5.91 Å². The number of hydrogen-bond donors (Lipinski definition) is 1. The Bertz CT molecular complexity index is 681. The van der Waals surface area contributed by atoms with Crippen LogP contribution in [0.15, 0.2) is 16.1 Å². The maximum atomic E-state index is 12.8. The standard InChI is InChI=1S/C15H20N6OS/c1-10-17-14(19-18-10)12-4-2-6-21(12)13(22)8-11-9-23-15-16-5-3-7-20(11)15/h9,12H,2-8H2,1H3,(H,17,18,19)/t12-/m1/s1. The second kappa shape index (κ2) is 5.99. The smallest absolute Gasteiger partial charge is 0.229 e. The summed E-state index contributed by atoms with van der Waals surface area (Å²) < 4.78 is 0. The Morgan fingerprint density at radius 2 is 2.35 bits per heavy atom. The number of nitrogens with zero attached hydrogens (tertiary/aromatic N) is 5. The molecule has 1 aromatic rings. The Hall–Kier alpha value is -1.83. The van der Waals surface area contributed by atoms with Crippen molar-refractivity contribution < 1.29 is 4.79 Å². The summed E-state index contributed by atoms with van der Waals surface area (Å²) in [4.78, 5) is 25.9. The van der Waals surface area contributed by atoms with Crippen molar-refractivity contribution in [1.82, 2.24) is 25.0 Å². The van der Waals surface area contributed by atoms with Gasteiger partial charge < -0.3 is 9.80 Å². The van der Waals surface area contributed by atoms with Crippen LogP contribution >= 0.6 is 11.8 Å². The molecular weight excluding hydrogens is 312 g/mol. The summed E-state index contributed by atoms with van der Waals surface area (Å²) in [6, 6.07) is 0.0107. The molecule has 23 heavy (non-hydrogen) atoms. The van der Waals surface area contributed by atoms with E-state index in [0.29, 0.717) is 6.42 Å². The zero-order chi connectivity index (χ0) is 15.8. The SMILES string of the molecule is Cc1nc([C@H]2CCCN2C(=O)CC2=CSC3=NCCCN23)n[nH]1. The Kier molecular flexibility index (Phi) is 3.84. The van der Waals surface area contributed by atoms with E-state index in [-0.39, 0.29) is 11.9 Å². The highest BCUT2D eigenvalue weighted by Gasteiger charge is 2.34. The Labute approximate surface area is 139 Å². The molecule has 3 aliphatic heterocycles. The minimum atomic E-state index is 0.0107. The van der Waals surface area contributed by atoms with Crippen molar-refractivity contribution in [2.24, 2.45) is 4.99 Å². The first-order valence-electron chi connectivity index (χ1n) is 8.08. The highest BCUT2D eigenvalue weighted by atomic mass is 32.2. The van der Waals surface area contributed by atoms with Gasteiger partial charge in [-0.2, -0.15) is 5.10 Å². The Morgan fingerprint density at radius 3 is 3.17 bits per heavy atom. The number of carbonyl (C=O) groups excluding carboxylic acids is 1. The molecule has 4 rings (SSSR count). The van der Waals surface area contributed by atoms with Crippen molar-refractivity contribution in [1.29, 1.82) is 0 Å². The van der Waals surface area contributed by atoms with Crippen molar-refractivity contribution in [3.8, 4) is 0 Å². The quantitative estimate of drug-likeness (QED) is 0.913. The summed E-state index contributed by atoms with van der Waals surface area (Å²) in [5.74, 6) is 1.69. The van der Waals surface area contributed by atoms with Gasteiger partial charge in [-0.25, -0.2) is 4.98 Å². The summed E-state index contributed by atoms with van der Waals surface area (Å²) in [6.45, 7) is 4.54. The van der Waals surface area contributed by atoms with Crippen molar-refractivity contribution >= 4 is 22.8 Å². The molecule has 3 aliphatic rings. The number of aromatic amines is 1. The Morgan fingerprint density at radius 1 is 1.43 bits per heavy atom. The molecule has 0 bridgehead atoms. The van der Waals surface area contributed by atoms with Gasteiger partial charge in [-0.05, 0) is 31.6 Å². The molecule has 122 valence electrons. The van der Waals surface area contributed by atoms with Gasteiger partial charge in [0.05, 0.1) is 12.5 Å². The number of amides is 1. The van der Waals surface area contributed by atoms with Crippen LogP contribution in [0.3, 0.4) is 0 Å². The van der Waals surface area contributed by atoms with E-state index < -0.39 is 0 Å². The van der Waals surface area contributed by atoms with E-state index in [1.165, 1.54) is 0 Å². The second-order valence-corrected chi connectivity index (χ2v) is 6.93. The number of thioether (sulfide) groups is 1. The number of likely N-dealkylation sites (tertiary alicyclic amines) is 1. The number of fused-ring (bicyclic) bond motifs is 1. The number of aromatic nitrogens is 3. The fourth-order valence-electron chi connectivity index (χ4n) is 3.37. The molecule has 1 atom stereocenters. The van der Waals surface area contributed by atoms with Gasteiger partial charge in [-0.3, -0.25) is 14.9 Å². The molecule has 0 spiro atoms. The predicted octanol–water partition coefficient (Wildman–Crippen LogP) is 1.82. The number of hydrogen-bond acceptors (Lipinski definition) is 6. The molecule has 1 aromatic heterocycles. The number of H-pyrrole nitrogens is 1. The molecule has 0 aromatic carbocycles. The van der Waals surface area contributed by atoms with Gasteiger partial charge in [-0.1, -0.05) is 11.8 Å². The highest BCUT2D eigenvalue weighted by Crippen LogP contribution is 2.34. The largest absolute Gasteiger partial charge is 0.332 e. The van der Waals surface area contributed by atoms with Crippen LogP contribution in [-0.4, -0.2) is 55.7 Å². The maximum Gasteiger partial charge on any atom is 0.229 e. The zero-order valence-corrected chi connectivity index (χ0v) is 14.0. The third-order valence-electron chi connectivity index (χ3n) is 4.48. The molecule has 0 aliphatic carbocycles. The van der Waals surface area contributed by atoms with E-state index in [9.17, 15) is 4.79 Å².